The fourth-order valence-electron chi connectivity index (χ4n) is 11.4. The molecule has 27 heteroatoms. The van der Waals surface area contributed by atoms with Crippen LogP contribution in [-0.4, -0.2) is 115 Å². The molecule has 0 aromatic heterocycles. The number of carbonyl (C=O) groups excluding carboxylic acids is 1. The van der Waals surface area contributed by atoms with Gasteiger partial charge >= 0.3 is 5.97 Å². The molecule has 0 amide bonds. The molecule has 0 unspecified atom stereocenters. The summed E-state index contributed by atoms with van der Waals surface area (Å²) in [7, 11) is -26.0. The molecule has 16 nitrogen and oxygen atoms in total. The van der Waals surface area contributed by atoms with E-state index in [0.29, 0.717) is 70.2 Å². The number of carbonyl (C=O) groups is 1. The van der Waals surface area contributed by atoms with Crippen LogP contribution in [0.4, 0.5) is 0 Å². The number of aliphatic hydroxyl groups is 1. The van der Waals surface area contributed by atoms with Crippen molar-refractivity contribution >= 4 is 97.5 Å². The lowest BCUT2D eigenvalue weighted by atomic mass is 9.93. The molecule has 2 aliphatic rings. The van der Waals surface area contributed by atoms with E-state index in [0.717, 1.165) is 45.3 Å². The monoisotopic (exact) mass is 1990 g/mol. The zero-order chi connectivity index (χ0) is 101. The Kier molecular flexibility index (Phi) is 33.0. The SMILES string of the molecule is CC(C)(C)[Si](C)(C)Oc1cc2c(c(O[Si](C)(C)C(C)(C)C)c1)C[C@@H](O)[C@@H](c1ccc(O[Si](C)(C)C(C)(C)C)c(O[Si](C)(C)C(C)(C)C)c1)O2.CC(C)(C)[Si](C)(C)Oc1cc2c(c(O[Si](C)(C)C(C)(C)C)c1)C[C@@H](OC(=O)c1cc(O[Si](C)(C)C(C)(C)C)c(O[Si](C)(C)C(C)(C)C)c(O[Si](C)(C)C(C)(C)C)c1)[C@@H](c1ccc(O[Si](C)(C)C(C)(C)C)c(O[Si](C)(C)C(C)(C)C)c1)O2. The van der Waals surface area contributed by atoms with Crippen molar-refractivity contribution < 1.29 is 72.8 Å². The molecule has 7 rings (SSSR count). The van der Waals surface area contributed by atoms with Crippen LogP contribution in [0.2, 0.25) is 199 Å². The lowest BCUT2D eigenvalue weighted by Crippen LogP contribution is -2.47. The fourth-order valence-corrected chi connectivity index (χ4v) is 22.7. The topological polar surface area (TPSA) is 167 Å². The number of benzene rings is 5. The summed E-state index contributed by atoms with van der Waals surface area (Å²) in [5.74, 6) is 8.13. The second-order valence-corrected chi connectivity index (χ2v) is 106. The van der Waals surface area contributed by atoms with Crippen molar-refractivity contribution in [3.8, 4) is 74.7 Å². The van der Waals surface area contributed by atoms with Gasteiger partial charge in [0.25, 0.3) is 58.2 Å². The average molecular weight is 1990 g/mol. The number of hydrogen-bond donors (Lipinski definition) is 1. The molecule has 0 fully saturated rings. The predicted molar refractivity (Wildman–Crippen MR) is 578 cm³/mol. The van der Waals surface area contributed by atoms with Crippen LogP contribution in [0.1, 0.15) is 273 Å². The van der Waals surface area contributed by atoms with Crippen molar-refractivity contribution in [3.63, 3.8) is 0 Å². The van der Waals surface area contributed by atoms with Crippen LogP contribution in [0, 0.1) is 0 Å². The van der Waals surface area contributed by atoms with Gasteiger partial charge in [-0.1, -0.05) is 241 Å². The lowest BCUT2D eigenvalue weighted by molar-refractivity contribution is -0.0187. The van der Waals surface area contributed by atoms with Gasteiger partial charge in [-0.15, -0.1) is 0 Å². The minimum Gasteiger partial charge on any atom is -0.543 e. The molecule has 2 aliphatic heterocycles. The molecule has 5 aromatic carbocycles. The van der Waals surface area contributed by atoms with Crippen LogP contribution in [0.5, 0.6) is 74.7 Å². The molecule has 0 radical (unpaired) electrons. The third-order valence-electron chi connectivity index (χ3n) is 32.3. The Balaban J connectivity index is 0.000000452. The molecule has 0 aliphatic carbocycles. The Morgan fingerprint density at radius 1 is 0.269 bits per heavy atom. The molecule has 2 heterocycles. The normalized spacial score (nSPS) is 17.5. The van der Waals surface area contributed by atoms with Gasteiger partial charge in [-0.25, -0.2) is 4.79 Å². The first kappa shape index (κ1) is 114. The third kappa shape index (κ3) is 26.6. The number of ether oxygens (including phenoxy) is 3. The second-order valence-electron chi connectivity index (χ2n) is 54.5. The maximum atomic E-state index is 15.7. The van der Waals surface area contributed by atoms with Crippen molar-refractivity contribution in [1.29, 1.82) is 0 Å². The van der Waals surface area contributed by atoms with E-state index < -0.39 is 122 Å². The van der Waals surface area contributed by atoms with Gasteiger partial charge in [0.2, 0.25) is 33.3 Å². The van der Waals surface area contributed by atoms with Gasteiger partial charge in [-0.05, 0) is 247 Å². The molecule has 1 N–H and O–H groups in total. The van der Waals surface area contributed by atoms with Gasteiger partial charge in [0.05, 0.1) is 11.7 Å². The summed E-state index contributed by atoms with van der Waals surface area (Å²) in [6.07, 6.45) is -2.31. The highest BCUT2D eigenvalue weighted by molar-refractivity contribution is 6.79. The van der Waals surface area contributed by atoms with Crippen LogP contribution >= 0.6 is 0 Å². The van der Waals surface area contributed by atoms with Crippen molar-refractivity contribution in [2.45, 2.75) is 465 Å². The van der Waals surface area contributed by atoms with Gasteiger partial charge in [-0.3, -0.25) is 0 Å². The molecule has 738 valence electrons. The van der Waals surface area contributed by atoms with Crippen molar-refractivity contribution in [2.24, 2.45) is 0 Å². The number of aliphatic hydroxyl groups excluding tert-OH is 1. The smallest absolute Gasteiger partial charge is 0.338 e. The number of fused-ring (bicyclic) bond motifs is 2. The van der Waals surface area contributed by atoms with E-state index in [2.05, 4.69) is 391 Å². The Morgan fingerprint density at radius 2 is 0.500 bits per heavy atom. The van der Waals surface area contributed by atoms with Crippen LogP contribution in [0.25, 0.3) is 0 Å². The van der Waals surface area contributed by atoms with Crippen molar-refractivity contribution in [1.82, 2.24) is 0 Å². The Bertz CT molecular complexity index is 4740. The third-order valence-corrected chi connectivity index (χ3v) is 80.1. The van der Waals surface area contributed by atoms with E-state index in [4.69, 9.17) is 62.9 Å². The highest BCUT2D eigenvalue weighted by atomic mass is 28.4. The van der Waals surface area contributed by atoms with Gasteiger partial charge in [0.15, 0.2) is 11.9 Å². The van der Waals surface area contributed by atoms with Gasteiger partial charge in [-0.2, -0.15) is 0 Å². The average Bonchev–Trinajstić information content (AvgIpc) is 0.752. The van der Waals surface area contributed by atoms with E-state index >= 15 is 4.79 Å². The van der Waals surface area contributed by atoms with Gasteiger partial charge in [0, 0.05) is 48.2 Å². The van der Waals surface area contributed by atoms with E-state index in [-0.39, 0.29) is 55.4 Å². The van der Waals surface area contributed by atoms with Gasteiger partial charge in [0.1, 0.15) is 81.2 Å². The minimum absolute atomic E-state index is 0.00161. The Hall–Kier alpha value is -4.68. The summed E-state index contributed by atoms with van der Waals surface area (Å²) >= 11 is 0. The lowest BCUT2D eigenvalue weighted by Gasteiger charge is -2.42. The first-order valence-corrected chi connectivity index (χ1v) is 80.0. The van der Waals surface area contributed by atoms with Crippen LogP contribution in [0.3, 0.4) is 0 Å². The number of rotatable bonds is 26. The Labute approximate surface area is 804 Å². The molecular formula is C103H186O16Si11. The first-order chi connectivity index (χ1) is 57.4. The molecule has 0 bridgehead atoms. The summed E-state index contributed by atoms with van der Waals surface area (Å²) in [6, 6.07) is 24.1. The van der Waals surface area contributed by atoms with Crippen LogP contribution < -0.4 is 58.2 Å². The second kappa shape index (κ2) is 37.6. The molecule has 4 atom stereocenters. The minimum atomic E-state index is -2.56. The summed E-state index contributed by atoms with van der Waals surface area (Å²) in [5.41, 5.74) is 3.68. The summed E-state index contributed by atoms with van der Waals surface area (Å²) < 4.78 is 99.7. The zero-order valence-electron chi connectivity index (χ0n) is 92.7. The molecule has 0 spiro atoms. The summed E-state index contributed by atoms with van der Waals surface area (Å²) in [6.45, 7) is 123. The van der Waals surface area contributed by atoms with Crippen LogP contribution in [-0.2, 0) is 17.6 Å². The largest absolute Gasteiger partial charge is 0.543 e. The molecule has 5 aromatic rings. The molecule has 0 saturated carbocycles. The summed E-state index contributed by atoms with van der Waals surface area (Å²) in [4.78, 5) is 15.7. The predicted octanol–water partition coefficient (Wildman–Crippen LogP) is 33.5. The standard InChI is InChI=1S/C64H116O10Si7.C39H70O6Si4/c1-58(2,3)75(22,23)68-46-41-49-47(50(42-46)70-77(26,27)60(7,8)9)43-52(55(66-49)44-36-37-48(69-76(24,25)59(4,5)6)51(38-44)71-78(28,29)61(10,11)12)67-57(65)45-39-53(72-79(30,31)62(13,14)15)56(74-81(34,35)64(19,20)21)54(40-45)73-80(32,33)63(16,17)18;1-36(2,3)46(13,14)42-28-24-32-29(33(25-28)44-48(17,18)38(7,8)9)26-30(40)35(41-32)27-21-22-31(43-47(15,16)37(4,5)6)34(23-27)45-49(19,20)39(10,11)12/h36-42,52,55H,43H2,1-35H3;21-25,30,35,40H,26H2,1-20H3/t52-,55-;30-,35-/m11/s1. The zero-order valence-corrected chi connectivity index (χ0v) is 104. The first-order valence-electron chi connectivity index (χ1n) is 48.0. The maximum Gasteiger partial charge on any atom is 0.338 e. The summed E-state index contributed by atoms with van der Waals surface area (Å²) in [5, 5.41) is 11.0. The van der Waals surface area contributed by atoms with Gasteiger partial charge < -0.3 is 68.0 Å². The van der Waals surface area contributed by atoms with E-state index in [1.165, 1.54) is 0 Å². The maximum absolute atomic E-state index is 15.7. The quantitative estimate of drug-likeness (QED) is 0.0410. The van der Waals surface area contributed by atoms with E-state index in [1.807, 2.05) is 54.6 Å². The highest BCUT2D eigenvalue weighted by Crippen LogP contribution is 2.57. The highest BCUT2D eigenvalue weighted by Gasteiger charge is 2.52. The fraction of sp³-hybridized carbons (Fsp3) is 0.699. The number of hydrogen-bond acceptors (Lipinski definition) is 16. The van der Waals surface area contributed by atoms with Crippen molar-refractivity contribution in [3.05, 3.63) is 101 Å². The van der Waals surface area contributed by atoms with Crippen molar-refractivity contribution in [2.75, 3.05) is 0 Å². The van der Waals surface area contributed by atoms with Crippen LogP contribution in [0.15, 0.2) is 72.8 Å². The molecule has 0 saturated heterocycles. The van der Waals surface area contributed by atoms with E-state index in [9.17, 15) is 5.11 Å². The molecular weight excluding hydrogens is 1800 g/mol. The number of esters is 1. The Morgan fingerprint density at radius 3 is 0.785 bits per heavy atom. The van der Waals surface area contributed by atoms with E-state index in [1.54, 1.807) is 0 Å². The molecule has 130 heavy (non-hydrogen) atoms.